The summed E-state index contributed by atoms with van der Waals surface area (Å²) in [6.07, 6.45) is 5.34. The van der Waals surface area contributed by atoms with E-state index in [9.17, 15) is 9.59 Å². The summed E-state index contributed by atoms with van der Waals surface area (Å²) in [4.78, 5) is 27.2. The number of ketones is 1. The summed E-state index contributed by atoms with van der Waals surface area (Å²) in [7, 11) is 0. The largest absolute Gasteiger partial charge is 0.490 e. The predicted octanol–water partition coefficient (Wildman–Crippen LogP) is 3.24. The lowest BCUT2D eigenvalue weighted by atomic mass is 9.91. The van der Waals surface area contributed by atoms with Gasteiger partial charge in [0, 0.05) is 11.5 Å². The molecular weight excluding hydrogens is 374 g/mol. The highest BCUT2D eigenvalue weighted by molar-refractivity contribution is 7.07. The van der Waals surface area contributed by atoms with Crippen LogP contribution in [0.25, 0.3) is 12.2 Å². The zero-order chi connectivity index (χ0) is 20.7. The Morgan fingerprint density at radius 3 is 2.57 bits per heavy atom. The van der Waals surface area contributed by atoms with Crippen molar-refractivity contribution in [2.45, 2.75) is 47.5 Å². The normalized spacial score (nSPS) is 13.0. The van der Waals surface area contributed by atoms with E-state index in [0.29, 0.717) is 33.9 Å². The second-order valence-electron chi connectivity index (χ2n) is 7.53. The van der Waals surface area contributed by atoms with E-state index >= 15 is 0 Å². The third-order valence-electron chi connectivity index (χ3n) is 4.00. The van der Waals surface area contributed by atoms with Crippen LogP contribution in [0.1, 0.15) is 53.0 Å². The third-order valence-corrected chi connectivity index (χ3v) is 4.97. The first-order valence-electron chi connectivity index (χ1n) is 9.61. The number of H-pyrrole nitrogens is 1. The van der Waals surface area contributed by atoms with E-state index in [-0.39, 0.29) is 11.3 Å². The first-order chi connectivity index (χ1) is 13.2. The van der Waals surface area contributed by atoms with Crippen LogP contribution in [0.4, 0.5) is 0 Å². The van der Waals surface area contributed by atoms with Crippen molar-refractivity contribution in [2.75, 3.05) is 13.2 Å². The van der Waals surface area contributed by atoms with E-state index in [2.05, 4.69) is 11.9 Å². The first-order valence-corrected chi connectivity index (χ1v) is 10.4. The Morgan fingerprint density at radius 1 is 1.18 bits per heavy atom. The molecule has 1 aromatic heterocycles. The van der Waals surface area contributed by atoms with Crippen molar-refractivity contribution < 1.29 is 14.3 Å². The van der Waals surface area contributed by atoms with Crippen LogP contribution >= 0.6 is 11.3 Å². The lowest BCUT2D eigenvalue weighted by Gasteiger charge is -2.12. The monoisotopic (exact) mass is 403 g/mol. The van der Waals surface area contributed by atoms with Gasteiger partial charge >= 0.3 is 0 Å². The summed E-state index contributed by atoms with van der Waals surface area (Å²) in [5.74, 6) is 1.34. The lowest BCUT2D eigenvalue weighted by molar-refractivity contribution is -0.119. The number of nitrogens with one attached hydrogen (secondary N) is 1. The summed E-state index contributed by atoms with van der Waals surface area (Å²) in [5, 5.41) is 0. The van der Waals surface area contributed by atoms with E-state index in [4.69, 9.17) is 9.47 Å². The highest BCUT2D eigenvalue weighted by atomic mass is 32.1. The first kappa shape index (κ1) is 22.0. The molecule has 0 radical (unpaired) electrons. The standard InChI is InChI=1S/C22H29NO4S/c1-6-8-11-27-16-10-9-15(12-17(16)26-7-2)13-18-21(25)23-20(28-18)14-19(24)22(3,4)5/h9-10,12-14H,6-8,11H2,1-5H3,(H,23,25)/b18-13-,20-14-. The number of hydrogen-bond donors (Lipinski definition) is 1. The van der Waals surface area contributed by atoms with Gasteiger partial charge in [-0.15, -0.1) is 11.3 Å². The number of unbranched alkanes of at least 4 members (excludes halogenated alkanes) is 1. The van der Waals surface area contributed by atoms with Gasteiger partial charge < -0.3 is 14.5 Å². The van der Waals surface area contributed by atoms with Gasteiger partial charge in [0.05, 0.1) is 22.4 Å². The van der Waals surface area contributed by atoms with E-state index in [0.717, 1.165) is 18.4 Å². The van der Waals surface area contributed by atoms with Crippen LogP contribution < -0.4 is 24.2 Å². The number of aromatic nitrogens is 1. The highest BCUT2D eigenvalue weighted by Gasteiger charge is 2.18. The fourth-order valence-corrected chi connectivity index (χ4v) is 3.23. The zero-order valence-corrected chi connectivity index (χ0v) is 18.1. The molecule has 2 aromatic rings. The molecule has 0 unspecified atom stereocenters. The Balaban J connectivity index is 2.37. The van der Waals surface area contributed by atoms with Crippen molar-refractivity contribution in [3.8, 4) is 11.5 Å². The summed E-state index contributed by atoms with van der Waals surface area (Å²) < 4.78 is 12.6. The molecule has 0 aliphatic carbocycles. The molecule has 2 rings (SSSR count). The Morgan fingerprint density at radius 2 is 1.93 bits per heavy atom. The minimum absolute atomic E-state index is 0.0243. The fourth-order valence-electron chi connectivity index (χ4n) is 2.34. The Hall–Kier alpha value is -2.34. The predicted molar refractivity (Wildman–Crippen MR) is 115 cm³/mol. The van der Waals surface area contributed by atoms with Crippen LogP contribution in [-0.2, 0) is 4.79 Å². The number of rotatable bonds is 8. The SMILES string of the molecule is CCCCOc1ccc(/C=c2\s/c(=C\C(=O)C(C)(C)C)[nH]c2=O)cc1OCC. The molecule has 0 amide bonds. The van der Waals surface area contributed by atoms with E-state index in [1.165, 1.54) is 17.4 Å². The summed E-state index contributed by atoms with van der Waals surface area (Å²) in [6.45, 7) is 10.8. The van der Waals surface area contributed by atoms with Crippen molar-refractivity contribution in [2.24, 2.45) is 5.41 Å². The molecule has 0 spiro atoms. The maximum Gasteiger partial charge on any atom is 0.266 e. The number of thiazole rings is 1. The van der Waals surface area contributed by atoms with Crippen LogP contribution in [-0.4, -0.2) is 24.0 Å². The van der Waals surface area contributed by atoms with Crippen LogP contribution in [0.2, 0.25) is 0 Å². The zero-order valence-electron chi connectivity index (χ0n) is 17.3. The summed E-state index contributed by atoms with van der Waals surface area (Å²) >= 11 is 1.27. The van der Waals surface area contributed by atoms with Crippen LogP contribution in [0.15, 0.2) is 23.0 Å². The number of hydrogen-bond acceptors (Lipinski definition) is 5. The molecule has 152 valence electrons. The second kappa shape index (κ2) is 9.73. The average Bonchev–Trinajstić information content (AvgIpc) is 2.95. The van der Waals surface area contributed by atoms with Gasteiger partial charge in [0.1, 0.15) is 0 Å². The van der Waals surface area contributed by atoms with Crippen molar-refractivity contribution >= 4 is 29.3 Å². The average molecular weight is 404 g/mol. The molecule has 0 fully saturated rings. The van der Waals surface area contributed by atoms with E-state index in [1.807, 2.05) is 45.9 Å². The summed E-state index contributed by atoms with van der Waals surface area (Å²) in [5.41, 5.74) is 0.150. The molecule has 0 aliphatic heterocycles. The van der Waals surface area contributed by atoms with Crippen LogP contribution in [0, 0.1) is 5.41 Å². The van der Waals surface area contributed by atoms with Gasteiger partial charge in [0.15, 0.2) is 17.3 Å². The molecule has 0 aliphatic rings. The number of ether oxygens (including phenoxy) is 2. The molecule has 0 saturated heterocycles. The number of carbonyl (C=O) groups is 1. The lowest BCUT2D eigenvalue weighted by Crippen LogP contribution is -2.22. The van der Waals surface area contributed by atoms with Gasteiger partial charge in [0.25, 0.3) is 5.56 Å². The van der Waals surface area contributed by atoms with Gasteiger partial charge in [-0.2, -0.15) is 0 Å². The van der Waals surface area contributed by atoms with Crippen molar-refractivity contribution in [1.82, 2.24) is 4.98 Å². The molecule has 0 atom stereocenters. The molecular formula is C22H29NO4S. The number of aromatic amines is 1. The van der Waals surface area contributed by atoms with Gasteiger partial charge in [0.2, 0.25) is 0 Å². The number of Topliss-reactive ketones (excluding diaryl/α,β-unsaturated/α-hetero) is 1. The third kappa shape index (κ3) is 6.09. The van der Waals surface area contributed by atoms with E-state index in [1.54, 1.807) is 6.08 Å². The van der Waals surface area contributed by atoms with Gasteiger partial charge in [-0.3, -0.25) is 9.59 Å². The van der Waals surface area contributed by atoms with Gasteiger partial charge in [-0.25, -0.2) is 0 Å². The minimum atomic E-state index is -0.481. The highest BCUT2D eigenvalue weighted by Crippen LogP contribution is 2.29. The molecule has 6 heteroatoms. The fraction of sp³-hybridized carbons (Fsp3) is 0.455. The minimum Gasteiger partial charge on any atom is -0.490 e. The Labute approximate surface area is 169 Å². The Bertz CT molecular complexity index is 979. The van der Waals surface area contributed by atoms with E-state index < -0.39 is 5.41 Å². The quantitative estimate of drug-likeness (QED) is 0.687. The number of carbonyl (C=O) groups excluding carboxylic acids is 1. The molecule has 0 saturated carbocycles. The van der Waals surface area contributed by atoms with Gasteiger partial charge in [-0.05, 0) is 37.1 Å². The van der Waals surface area contributed by atoms with Crippen molar-refractivity contribution in [3.05, 3.63) is 43.3 Å². The number of benzene rings is 1. The molecule has 1 aromatic carbocycles. The maximum absolute atomic E-state index is 12.3. The molecule has 0 bridgehead atoms. The molecule has 28 heavy (non-hydrogen) atoms. The van der Waals surface area contributed by atoms with Crippen LogP contribution in [0.5, 0.6) is 11.5 Å². The molecule has 1 heterocycles. The smallest absolute Gasteiger partial charge is 0.266 e. The van der Waals surface area contributed by atoms with Crippen molar-refractivity contribution in [3.63, 3.8) is 0 Å². The summed E-state index contributed by atoms with van der Waals surface area (Å²) in [6, 6.07) is 5.63. The second-order valence-corrected chi connectivity index (χ2v) is 8.61. The molecule has 5 nitrogen and oxygen atoms in total. The van der Waals surface area contributed by atoms with Crippen LogP contribution in [0.3, 0.4) is 0 Å². The van der Waals surface area contributed by atoms with Crippen molar-refractivity contribution in [1.29, 1.82) is 0 Å². The Kier molecular flexibility index (Phi) is 7.63. The topological polar surface area (TPSA) is 68.4 Å². The van der Waals surface area contributed by atoms with Gasteiger partial charge in [-0.1, -0.05) is 40.2 Å². The molecule has 1 N–H and O–H groups in total. The maximum atomic E-state index is 12.3.